The third-order valence-electron chi connectivity index (χ3n) is 6.13. The third kappa shape index (κ3) is 4.66. The first kappa shape index (κ1) is 24.2. The zero-order chi connectivity index (χ0) is 24.3. The minimum absolute atomic E-state index is 0.0648. The molecule has 34 heavy (non-hydrogen) atoms. The van der Waals surface area contributed by atoms with Crippen molar-refractivity contribution in [2.45, 2.75) is 30.1 Å². The van der Waals surface area contributed by atoms with Gasteiger partial charge in [0, 0.05) is 24.3 Å². The van der Waals surface area contributed by atoms with Crippen LogP contribution in [0.5, 0.6) is 5.75 Å². The molecule has 0 unspecified atom stereocenters. The van der Waals surface area contributed by atoms with Gasteiger partial charge in [-0.3, -0.25) is 9.59 Å². The van der Waals surface area contributed by atoms with E-state index in [4.69, 9.17) is 14.2 Å². The van der Waals surface area contributed by atoms with Gasteiger partial charge in [0.15, 0.2) is 0 Å². The number of hydrogen-bond acceptors (Lipinski definition) is 7. The second-order valence-corrected chi connectivity index (χ2v) is 10.1. The molecule has 0 aromatic heterocycles. The summed E-state index contributed by atoms with van der Waals surface area (Å²) in [5.74, 6) is -0.513. The molecular weight excluding hydrogens is 460 g/mol. The van der Waals surface area contributed by atoms with Crippen molar-refractivity contribution >= 4 is 27.6 Å². The van der Waals surface area contributed by atoms with Gasteiger partial charge in [-0.15, -0.1) is 0 Å². The van der Waals surface area contributed by atoms with Crippen molar-refractivity contribution in [3.05, 3.63) is 53.6 Å². The van der Waals surface area contributed by atoms with Crippen LogP contribution in [-0.2, 0) is 29.7 Å². The van der Waals surface area contributed by atoms with Crippen LogP contribution < -0.4 is 10.1 Å². The Morgan fingerprint density at radius 2 is 1.76 bits per heavy atom. The van der Waals surface area contributed by atoms with Crippen molar-refractivity contribution in [1.29, 1.82) is 0 Å². The second-order valence-electron chi connectivity index (χ2n) is 8.22. The lowest BCUT2D eigenvalue weighted by molar-refractivity contribution is -0.146. The van der Waals surface area contributed by atoms with E-state index in [1.54, 1.807) is 19.1 Å². The van der Waals surface area contributed by atoms with E-state index < -0.39 is 21.3 Å². The van der Waals surface area contributed by atoms with Crippen molar-refractivity contribution < 1.29 is 32.2 Å². The highest BCUT2D eigenvalue weighted by atomic mass is 32.2. The van der Waals surface area contributed by atoms with E-state index in [9.17, 15) is 18.0 Å². The summed E-state index contributed by atoms with van der Waals surface area (Å²) in [6.07, 6.45) is 1.48. The van der Waals surface area contributed by atoms with E-state index >= 15 is 0 Å². The maximum Gasteiger partial charge on any atom is 0.316 e. The average molecular weight is 489 g/mol. The maximum absolute atomic E-state index is 13.2. The maximum atomic E-state index is 13.2. The topological polar surface area (TPSA) is 111 Å². The number of nitrogens with one attached hydrogen (secondary N) is 1. The van der Waals surface area contributed by atoms with Crippen LogP contribution in [0, 0.1) is 0 Å². The number of morpholine rings is 1. The number of sulfonamides is 1. The quantitative estimate of drug-likeness (QED) is 0.569. The molecule has 2 aliphatic rings. The predicted molar refractivity (Wildman–Crippen MR) is 125 cm³/mol. The minimum Gasteiger partial charge on any atom is -0.495 e. The number of ether oxygens (including phenoxy) is 3. The molecular formula is C24H28N2O7S. The number of rotatable bonds is 8. The fourth-order valence-corrected chi connectivity index (χ4v) is 5.62. The lowest BCUT2D eigenvalue weighted by Gasteiger charge is -2.26. The number of nitrogens with zero attached hydrogens (tertiary/aromatic N) is 1. The molecule has 4 rings (SSSR count). The standard InChI is InChI=1S/C24H28N2O7S/c1-3-33-23(28)24(10-11-24)18-5-7-19(8-6-18)25-22(27)17-4-9-20(31-2)21(16-17)34(29,30)26-12-14-32-15-13-26/h4-9,16H,3,10-15H2,1-2H3,(H,25,27). The lowest BCUT2D eigenvalue weighted by atomic mass is 9.96. The summed E-state index contributed by atoms with van der Waals surface area (Å²) < 4.78 is 43.3. The molecule has 1 amide bonds. The Bertz CT molecular complexity index is 1170. The Labute approximate surface area is 199 Å². The molecule has 2 aromatic rings. The van der Waals surface area contributed by atoms with E-state index in [2.05, 4.69) is 5.32 Å². The molecule has 1 N–H and O–H groups in total. The number of hydrogen-bond donors (Lipinski definition) is 1. The molecule has 1 aliphatic carbocycles. The summed E-state index contributed by atoms with van der Waals surface area (Å²) in [4.78, 5) is 25.1. The summed E-state index contributed by atoms with van der Waals surface area (Å²) in [6, 6.07) is 11.4. The van der Waals surface area contributed by atoms with Crippen LogP contribution in [0.25, 0.3) is 0 Å². The lowest BCUT2D eigenvalue weighted by Crippen LogP contribution is -2.40. The summed E-state index contributed by atoms with van der Waals surface area (Å²) in [5.41, 5.74) is 0.980. The molecule has 0 atom stereocenters. The van der Waals surface area contributed by atoms with Crippen molar-refractivity contribution in [2.75, 3.05) is 45.3 Å². The van der Waals surface area contributed by atoms with Gasteiger partial charge < -0.3 is 19.5 Å². The minimum atomic E-state index is -3.86. The van der Waals surface area contributed by atoms with E-state index in [1.165, 1.54) is 29.6 Å². The molecule has 0 spiro atoms. The Hall–Kier alpha value is -2.95. The fourth-order valence-electron chi connectivity index (χ4n) is 4.03. The SMILES string of the molecule is CCOC(=O)C1(c2ccc(NC(=O)c3ccc(OC)c(S(=O)(=O)N4CCOCC4)c3)cc2)CC1. The van der Waals surface area contributed by atoms with E-state index in [1.807, 2.05) is 12.1 Å². The van der Waals surface area contributed by atoms with Crippen molar-refractivity contribution in [2.24, 2.45) is 0 Å². The molecule has 2 fully saturated rings. The normalized spacial score (nSPS) is 17.6. The molecule has 1 saturated heterocycles. The van der Waals surface area contributed by atoms with Crippen LogP contribution in [0.4, 0.5) is 5.69 Å². The molecule has 1 heterocycles. The number of anilines is 1. The zero-order valence-corrected chi connectivity index (χ0v) is 20.0. The molecule has 0 bridgehead atoms. The molecule has 2 aromatic carbocycles. The number of carbonyl (C=O) groups is 2. The average Bonchev–Trinajstić information content (AvgIpc) is 3.67. The Kier molecular flexibility index (Phi) is 6.92. The zero-order valence-electron chi connectivity index (χ0n) is 19.2. The van der Waals surface area contributed by atoms with Crippen molar-refractivity contribution in [3.63, 3.8) is 0 Å². The predicted octanol–water partition coefficient (Wildman–Crippen LogP) is 2.56. The van der Waals surface area contributed by atoms with Gasteiger partial charge in [-0.2, -0.15) is 4.31 Å². The fraction of sp³-hybridized carbons (Fsp3) is 0.417. The molecule has 9 nitrogen and oxygen atoms in total. The highest BCUT2D eigenvalue weighted by molar-refractivity contribution is 7.89. The second kappa shape index (κ2) is 9.73. The van der Waals surface area contributed by atoms with Crippen LogP contribution in [-0.4, -0.2) is 64.6 Å². The summed E-state index contributed by atoms with van der Waals surface area (Å²) in [5, 5.41) is 2.78. The van der Waals surface area contributed by atoms with Gasteiger partial charge in [0.05, 0.1) is 32.3 Å². The monoisotopic (exact) mass is 488 g/mol. The van der Waals surface area contributed by atoms with Crippen LogP contribution in [0.2, 0.25) is 0 Å². The first-order chi connectivity index (χ1) is 16.3. The first-order valence-electron chi connectivity index (χ1n) is 11.2. The van der Waals surface area contributed by atoms with Gasteiger partial charge in [0.25, 0.3) is 5.91 Å². The van der Waals surface area contributed by atoms with Gasteiger partial charge in [-0.25, -0.2) is 8.42 Å². The van der Waals surface area contributed by atoms with Crippen LogP contribution in [0.15, 0.2) is 47.4 Å². The van der Waals surface area contributed by atoms with E-state index in [0.29, 0.717) is 25.5 Å². The number of carbonyl (C=O) groups excluding carboxylic acids is 2. The first-order valence-corrected chi connectivity index (χ1v) is 12.6. The van der Waals surface area contributed by atoms with Gasteiger partial charge in [0.1, 0.15) is 10.6 Å². The molecule has 10 heteroatoms. The van der Waals surface area contributed by atoms with Crippen LogP contribution >= 0.6 is 0 Å². The van der Waals surface area contributed by atoms with Gasteiger partial charge in [-0.05, 0) is 55.7 Å². The number of amides is 1. The van der Waals surface area contributed by atoms with Gasteiger partial charge in [0.2, 0.25) is 10.0 Å². The largest absolute Gasteiger partial charge is 0.495 e. The number of benzene rings is 2. The Morgan fingerprint density at radius 1 is 1.09 bits per heavy atom. The Balaban J connectivity index is 1.52. The Morgan fingerprint density at radius 3 is 2.35 bits per heavy atom. The molecule has 182 valence electrons. The number of methoxy groups -OCH3 is 1. The molecule has 1 saturated carbocycles. The van der Waals surface area contributed by atoms with Crippen molar-refractivity contribution in [1.82, 2.24) is 4.31 Å². The van der Waals surface area contributed by atoms with Crippen LogP contribution in [0.3, 0.4) is 0 Å². The molecule has 0 radical (unpaired) electrons. The smallest absolute Gasteiger partial charge is 0.316 e. The summed E-state index contributed by atoms with van der Waals surface area (Å²) >= 11 is 0. The summed E-state index contributed by atoms with van der Waals surface area (Å²) in [6.45, 7) is 3.22. The van der Waals surface area contributed by atoms with Crippen LogP contribution in [0.1, 0.15) is 35.7 Å². The van der Waals surface area contributed by atoms with E-state index in [0.717, 1.165) is 18.4 Å². The third-order valence-corrected chi connectivity index (χ3v) is 8.05. The van der Waals surface area contributed by atoms with Gasteiger partial charge >= 0.3 is 5.97 Å². The van der Waals surface area contributed by atoms with E-state index in [-0.39, 0.29) is 35.3 Å². The highest BCUT2D eigenvalue weighted by Gasteiger charge is 2.52. The number of esters is 1. The summed E-state index contributed by atoms with van der Waals surface area (Å²) in [7, 11) is -2.47. The van der Waals surface area contributed by atoms with Crippen molar-refractivity contribution in [3.8, 4) is 5.75 Å². The van der Waals surface area contributed by atoms with Gasteiger partial charge in [-0.1, -0.05) is 12.1 Å². The molecule has 1 aliphatic heterocycles. The highest BCUT2D eigenvalue weighted by Crippen LogP contribution is 2.49.